The number of rotatable bonds is 6. The zero-order chi connectivity index (χ0) is 13.9. The van der Waals surface area contributed by atoms with E-state index in [0.29, 0.717) is 0 Å². The van der Waals surface area contributed by atoms with Crippen molar-refractivity contribution in [3.8, 4) is 0 Å². The number of hydrogen-bond acceptors (Lipinski definition) is 4. The molecule has 0 atom stereocenters. The van der Waals surface area contributed by atoms with Gasteiger partial charge in [-0.15, -0.1) is 17.9 Å². The predicted octanol–water partition coefficient (Wildman–Crippen LogP) is 2.03. The molecule has 18 heavy (non-hydrogen) atoms. The summed E-state index contributed by atoms with van der Waals surface area (Å²) in [6.07, 6.45) is 1.50. The maximum Gasteiger partial charge on any atom is 0.345 e. The van der Waals surface area contributed by atoms with Crippen LogP contribution in [0.3, 0.4) is 0 Å². The minimum Gasteiger partial charge on any atom is -0.477 e. The second-order valence-electron chi connectivity index (χ2n) is 3.88. The Balaban J connectivity index is 3.17. The summed E-state index contributed by atoms with van der Waals surface area (Å²) < 4.78 is 25.9. The standard InChI is InChI=1S/C11H15NO4S2/c1-4-7-12(8(2)3)18(15,16)10-6-5-9(17-10)11(13)14/h4-6,8H,1,7H2,2-3H3,(H,13,14). The molecule has 1 aromatic heterocycles. The van der Waals surface area contributed by atoms with E-state index in [2.05, 4.69) is 6.58 Å². The predicted molar refractivity (Wildman–Crippen MR) is 70.5 cm³/mol. The topological polar surface area (TPSA) is 74.7 Å². The number of thiophene rings is 1. The molecule has 0 amide bonds. The maximum absolute atomic E-state index is 12.3. The first-order valence-corrected chi connectivity index (χ1v) is 7.52. The minimum absolute atomic E-state index is 0.0101. The van der Waals surface area contributed by atoms with Crippen LogP contribution in [0.5, 0.6) is 0 Å². The molecule has 0 bridgehead atoms. The molecule has 0 aliphatic heterocycles. The average molecular weight is 289 g/mol. The maximum atomic E-state index is 12.3. The summed E-state index contributed by atoms with van der Waals surface area (Å²) in [5.74, 6) is -1.12. The van der Waals surface area contributed by atoms with Crippen LogP contribution in [0.2, 0.25) is 0 Å². The summed E-state index contributed by atoms with van der Waals surface area (Å²) in [6, 6.07) is 2.40. The highest BCUT2D eigenvalue weighted by Crippen LogP contribution is 2.26. The molecule has 5 nitrogen and oxygen atoms in total. The van der Waals surface area contributed by atoms with E-state index in [4.69, 9.17) is 5.11 Å². The highest BCUT2D eigenvalue weighted by atomic mass is 32.2. The molecule has 7 heteroatoms. The number of sulfonamides is 1. The molecule has 1 N–H and O–H groups in total. The summed E-state index contributed by atoms with van der Waals surface area (Å²) >= 11 is 0.756. The van der Waals surface area contributed by atoms with Gasteiger partial charge < -0.3 is 5.11 Å². The Bertz CT molecular complexity index is 545. The largest absolute Gasteiger partial charge is 0.477 e. The highest BCUT2D eigenvalue weighted by molar-refractivity contribution is 7.91. The van der Waals surface area contributed by atoms with Crippen molar-refractivity contribution in [3.05, 3.63) is 29.7 Å². The van der Waals surface area contributed by atoms with Crippen molar-refractivity contribution in [3.63, 3.8) is 0 Å². The number of carboxylic acids is 1. The third-order valence-electron chi connectivity index (χ3n) is 2.24. The van der Waals surface area contributed by atoms with Gasteiger partial charge in [-0.3, -0.25) is 0 Å². The van der Waals surface area contributed by atoms with E-state index in [9.17, 15) is 13.2 Å². The molecule has 1 aromatic rings. The summed E-state index contributed by atoms with van der Waals surface area (Å²) in [7, 11) is -3.66. The number of aromatic carboxylic acids is 1. The lowest BCUT2D eigenvalue weighted by Gasteiger charge is -2.23. The summed E-state index contributed by atoms with van der Waals surface area (Å²) in [5.41, 5.74) is 0. The number of hydrogen-bond donors (Lipinski definition) is 1. The fourth-order valence-electron chi connectivity index (χ4n) is 1.40. The van der Waals surface area contributed by atoms with Gasteiger partial charge in [0.25, 0.3) is 10.0 Å². The SMILES string of the molecule is C=CCN(C(C)C)S(=O)(=O)c1ccc(C(=O)O)s1. The van der Waals surface area contributed by atoms with E-state index < -0.39 is 16.0 Å². The van der Waals surface area contributed by atoms with E-state index in [0.717, 1.165) is 11.3 Å². The van der Waals surface area contributed by atoms with E-state index in [1.807, 2.05) is 0 Å². The van der Waals surface area contributed by atoms with E-state index in [1.165, 1.54) is 22.5 Å². The van der Waals surface area contributed by atoms with Crippen LogP contribution in [-0.4, -0.2) is 36.4 Å². The van der Waals surface area contributed by atoms with Gasteiger partial charge in [0.15, 0.2) is 0 Å². The number of carbonyl (C=O) groups is 1. The summed E-state index contributed by atoms with van der Waals surface area (Å²) in [6.45, 7) is 7.23. The lowest BCUT2D eigenvalue weighted by molar-refractivity contribution is 0.0702. The van der Waals surface area contributed by atoms with Crippen LogP contribution in [0.4, 0.5) is 0 Å². The second-order valence-corrected chi connectivity index (χ2v) is 7.08. The highest BCUT2D eigenvalue weighted by Gasteiger charge is 2.28. The fraction of sp³-hybridized carbons (Fsp3) is 0.364. The molecular weight excluding hydrogens is 274 g/mol. The number of carboxylic acid groups (broad SMARTS) is 1. The monoisotopic (exact) mass is 289 g/mol. The van der Waals surface area contributed by atoms with Gasteiger partial charge in [-0.25, -0.2) is 13.2 Å². The van der Waals surface area contributed by atoms with E-state index in [1.54, 1.807) is 13.8 Å². The molecule has 0 fully saturated rings. The number of nitrogens with zero attached hydrogens (tertiary/aromatic N) is 1. The molecule has 0 aromatic carbocycles. The first kappa shape index (κ1) is 14.9. The molecule has 0 saturated heterocycles. The molecule has 0 aliphatic carbocycles. The summed E-state index contributed by atoms with van der Waals surface area (Å²) in [4.78, 5) is 10.8. The molecule has 0 saturated carbocycles. The second kappa shape index (κ2) is 5.64. The van der Waals surface area contributed by atoms with Gasteiger partial charge in [0, 0.05) is 12.6 Å². The Hall–Kier alpha value is -1.18. The van der Waals surface area contributed by atoms with Gasteiger partial charge in [0.2, 0.25) is 0 Å². The van der Waals surface area contributed by atoms with Crippen molar-refractivity contribution in [2.75, 3.05) is 6.54 Å². The molecule has 1 heterocycles. The van der Waals surface area contributed by atoms with Crippen LogP contribution in [0, 0.1) is 0 Å². The molecule has 0 radical (unpaired) electrons. The minimum atomic E-state index is -3.66. The normalized spacial score (nSPS) is 12.0. The average Bonchev–Trinajstić information content (AvgIpc) is 2.74. The molecule has 0 aliphatic rings. The Kier molecular flexibility index (Phi) is 4.66. The van der Waals surface area contributed by atoms with E-state index >= 15 is 0 Å². The molecule has 0 unspecified atom stereocenters. The van der Waals surface area contributed by atoms with Crippen molar-refractivity contribution in [2.45, 2.75) is 24.1 Å². The van der Waals surface area contributed by atoms with Crippen molar-refractivity contribution in [1.29, 1.82) is 0 Å². The van der Waals surface area contributed by atoms with Crippen molar-refractivity contribution >= 4 is 27.3 Å². The van der Waals surface area contributed by atoms with Crippen molar-refractivity contribution < 1.29 is 18.3 Å². The van der Waals surface area contributed by atoms with Crippen LogP contribution >= 0.6 is 11.3 Å². The van der Waals surface area contributed by atoms with Gasteiger partial charge in [-0.1, -0.05) is 6.08 Å². The molecule has 1 rings (SSSR count). The van der Waals surface area contributed by atoms with Crippen LogP contribution in [0.1, 0.15) is 23.5 Å². The smallest absolute Gasteiger partial charge is 0.345 e. The zero-order valence-corrected chi connectivity index (χ0v) is 11.8. The fourth-order valence-corrected chi connectivity index (χ4v) is 4.28. The Morgan fingerprint density at radius 2 is 2.17 bits per heavy atom. The van der Waals surface area contributed by atoms with Crippen LogP contribution in [0.15, 0.2) is 29.0 Å². The zero-order valence-electron chi connectivity index (χ0n) is 10.2. The first-order valence-electron chi connectivity index (χ1n) is 5.26. The van der Waals surface area contributed by atoms with E-state index in [-0.39, 0.29) is 21.7 Å². The molecular formula is C11H15NO4S2. The van der Waals surface area contributed by atoms with Gasteiger partial charge in [0.05, 0.1) is 0 Å². The lowest BCUT2D eigenvalue weighted by atomic mass is 10.4. The third kappa shape index (κ3) is 2.98. The third-order valence-corrected chi connectivity index (χ3v) is 5.82. The van der Waals surface area contributed by atoms with Gasteiger partial charge in [0.1, 0.15) is 9.09 Å². The van der Waals surface area contributed by atoms with Crippen LogP contribution in [-0.2, 0) is 10.0 Å². The van der Waals surface area contributed by atoms with Gasteiger partial charge in [-0.05, 0) is 26.0 Å². The van der Waals surface area contributed by atoms with Crippen molar-refractivity contribution in [2.24, 2.45) is 0 Å². The van der Waals surface area contributed by atoms with Gasteiger partial charge in [-0.2, -0.15) is 4.31 Å². The first-order chi connectivity index (χ1) is 8.30. The Morgan fingerprint density at radius 1 is 1.56 bits per heavy atom. The quantitative estimate of drug-likeness (QED) is 0.813. The summed E-state index contributed by atoms with van der Waals surface area (Å²) in [5, 5.41) is 8.80. The van der Waals surface area contributed by atoms with Crippen LogP contribution < -0.4 is 0 Å². The molecule has 0 spiro atoms. The Morgan fingerprint density at radius 3 is 2.56 bits per heavy atom. The van der Waals surface area contributed by atoms with Gasteiger partial charge >= 0.3 is 5.97 Å². The van der Waals surface area contributed by atoms with Crippen LogP contribution in [0.25, 0.3) is 0 Å². The molecule has 100 valence electrons. The lowest BCUT2D eigenvalue weighted by Crippen LogP contribution is -2.36. The Labute approximate surface area is 110 Å². The van der Waals surface area contributed by atoms with Crippen molar-refractivity contribution in [1.82, 2.24) is 4.31 Å².